The highest BCUT2D eigenvalue weighted by atomic mass is 16.1. The molecule has 3 saturated carbocycles. The van der Waals surface area contributed by atoms with E-state index in [2.05, 4.69) is 96.1 Å². The Balaban J connectivity index is 0.000000136. The van der Waals surface area contributed by atoms with Gasteiger partial charge in [-0.3, -0.25) is 4.79 Å². The van der Waals surface area contributed by atoms with Crippen molar-refractivity contribution in [1.29, 1.82) is 5.26 Å². The molecule has 3 fully saturated rings. The SMILES string of the molecule is CC1(C)C(C#N)C1c1ccccc1.CC1(C)C(C(N)=O)C1c1ccccc1.CC1(C)C(N)C1c1ccccc1. The topological polar surface area (TPSA) is 92.9 Å². The second-order valence-electron chi connectivity index (χ2n) is 13.1. The molecule has 4 heteroatoms. The van der Waals surface area contributed by atoms with Gasteiger partial charge in [0.2, 0.25) is 5.91 Å². The van der Waals surface area contributed by atoms with Gasteiger partial charge in [0.1, 0.15) is 0 Å². The van der Waals surface area contributed by atoms with Gasteiger partial charge in [0.25, 0.3) is 0 Å². The van der Waals surface area contributed by atoms with Crippen LogP contribution in [-0.4, -0.2) is 11.9 Å². The third-order valence-corrected chi connectivity index (χ3v) is 9.49. The van der Waals surface area contributed by atoms with Crippen LogP contribution in [0.25, 0.3) is 0 Å². The van der Waals surface area contributed by atoms with Gasteiger partial charge in [-0.05, 0) is 32.9 Å². The number of carbonyl (C=O) groups excluding carboxylic acids is 1. The van der Waals surface area contributed by atoms with Crippen molar-refractivity contribution in [2.45, 2.75) is 65.3 Å². The lowest BCUT2D eigenvalue weighted by Crippen LogP contribution is -2.16. The van der Waals surface area contributed by atoms with Crippen LogP contribution in [0.15, 0.2) is 91.0 Å². The Hall–Kier alpha value is -3.42. The number of carbonyl (C=O) groups is 1. The number of amides is 1. The molecular formula is C35H43N3O. The summed E-state index contributed by atoms with van der Waals surface area (Å²) in [6, 6.07) is 33.7. The number of nitrogens with zero attached hydrogens (tertiary/aromatic N) is 1. The first-order valence-electron chi connectivity index (χ1n) is 14.0. The van der Waals surface area contributed by atoms with Crippen LogP contribution in [-0.2, 0) is 4.79 Å². The Morgan fingerprint density at radius 1 is 0.641 bits per heavy atom. The Labute approximate surface area is 234 Å². The van der Waals surface area contributed by atoms with Crippen molar-refractivity contribution >= 4 is 5.91 Å². The Morgan fingerprint density at radius 2 is 1.00 bits per heavy atom. The third-order valence-electron chi connectivity index (χ3n) is 9.49. The summed E-state index contributed by atoms with van der Waals surface area (Å²) in [6.45, 7) is 13.0. The minimum Gasteiger partial charge on any atom is -0.369 e. The predicted molar refractivity (Wildman–Crippen MR) is 159 cm³/mol. The fourth-order valence-electron chi connectivity index (χ4n) is 6.59. The van der Waals surface area contributed by atoms with E-state index < -0.39 is 0 Å². The summed E-state index contributed by atoms with van der Waals surface area (Å²) in [4.78, 5) is 11.2. The smallest absolute Gasteiger partial charge is 0.221 e. The van der Waals surface area contributed by atoms with E-state index in [1.54, 1.807) is 0 Å². The van der Waals surface area contributed by atoms with E-state index in [4.69, 9.17) is 16.7 Å². The molecule has 6 atom stereocenters. The van der Waals surface area contributed by atoms with Gasteiger partial charge in [0, 0.05) is 23.8 Å². The van der Waals surface area contributed by atoms with Gasteiger partial charge in [0.05, 0.1) is 17.9 Å². The van der Waals surface area contributed by atoms with Crippen molar-refractivity contribution in [1.82, 2.24) is 0 Å². The number of rotatable bonds is 4. The largest absolute Gasteiger partial charge is 0.369 e. The van der Waals surface area contributed by atoms with E-state index in [0.29, 0.717) is 29.2 Å². The average Bonchev–Trinajstić information content (AvgIpc) is 3.81. The summed E-state index contributed by atoms with van der Waals surface area (Å²) >= 11 is 0. The Kier molecular flexibility index (Phi) is 7.79. The first-order chi connectivity index (χ1) is 18.4. The lowest BCUT2D eigenvalue weighted by Gasteiger charge is -2.01. The monoisotopic (exact) mass is 521 g/mol. The molecule has 6 unspecified atom stereocenters. The van der Waals surface area contributed by atoms with E-state index >= 15 is 0 Å². The summed E-state index contributed by atoms with van der Waals surface area (Å²) in [7, 11) is 0. The quantitative estimate of drug-likeness (QED) is 0.387. The van der Waals surface area contributed by atoms with E-state index in [1.165, 1.54) is 16.7 Å². The second kappa shape index (κ2) is 10.6. The summed E-state index contributed by atoms with van der Waals surface area (Å²) < 4.78 is 0. The van der Waals surface area contributed by atoms with Crippen LogP contribution in [0.3, 0.4) is 0 Å². The molecule has 3 aromatic carbocycles. The van der Waals surface area contributed by atoms with Crippen molar-refractivity contribution in [2.24, 2.45) is 39.5 Å². The molecule has 0 heterocycles. The summed E-state index contributed by atoms with van der Waals surface area (Å²) in [5, 5.41) is 8.92. The van der Waals surface area contributed by atoms with Crippen LogP contribution in [0.5, 0.6) is 0 Å². The van der Waals surface area contributed by atoms with E-state index in [9.17, 15) is 4.79 Å². The van der Waals surface area contributed by atoms with Gasteiger partial charge < -0.3 is 11.5 Å². The fourth-order valence-corrected chi connectivity index (χ4v) is 6.59. The molecule has 0 saturated heterocycles. The van der Waals surface area contributed by atoms with Crippen molar-refractivity contribution in [3.8, 4) is 6.07 Å². The number of primary amides is 1. The van der Waals surface area contributed by atoms with Crippen LogP contribution in [0.2, 0.25) is 0 Å². The highest BCUT2D eigenvalue weighted by molar-refractivity contribution is 5.83. The van der Waals surface area contributed by atoms with E-state index in [1.807, 2.05) is 42.5 Å². The summed E-state index contributed by atoms with van der Waals surface area (Å²) in [5.74, 6) is 1.35. The zero-order valence-electron chi connectivity index (χ0n) is 24.1. The maximum Gasteiger partial charge on any atom is 0.221 e. The molecule has 0 bridgehead atoms. The molecule has 204 valence electrons. The average molecular weight is 522 g/mol. The van der Waals surface area contributed by atoms with Crippen molar-refractivity contribution in [3.63, 3.8) is 0 Å². The zero-order valence-corrected chi connectivity index (χ0v) is 24.1. The molecule has 39 heavy (non-hydrogen) atoms. The molecule has 3 aliphatic carbocycles. The predicted octanol–water partition coefficient (Wildman–Crippen LogP) is 7.00. The molecule has 3 aliphatic rings. The van der Waals surface area contributed by atoms with Gasteiger partial charge in [0.15, 0.2) is 0 Å². The van der Waals surface area contributed by atoms with Gasteiger partial charge in [-0.15, -0.1) is 0 Å². The van der Waals surface area contributed by atoms with E-state index in [0.717, 1.165) is 0 Å². The number of hydrogen-bond acceptors (Lipinski definition) is 3. The fraction of sp³-hybridized carbons (Fsp3) is 0.429. The normalized spacial score (nSPS) is 29.7. The Morgan fingerprint density at radius 3 is 1.28 bits per heavy atom. The van der Waals surface area contributed by atoms with Crippen LogP contribution in [0.4, 0.5) is 0 Å². The summed E-state index contributed by atoms with van der Waals surface area (Å²) in [5.41, 5.74) is 15.8. The first kappa shape index (κ1) is 28.6. The third kappa shape index (κ3) is 5.65. The maximum atomic E-state index is 11.2. The van der Waals surface area contributed by atoms with Gasteiger partial charge in [-0.25, -0.2) is 0 Å². The Bertz CT molecular complexity index is 1310. The molecule has 4 N–H and O–H groups in total. The van der Waals surface area contributed by atoms with Crippen molar-refractivity contribution in [3.05, 3.63) is 108 Å². The van der Waals surface area contributed by atoms with E-state index in [-0.39, 0.29) is 28.6 Å². The van der Waals surface area contributed by atoms with Crippen molar-refractivity contribution < 1.29 is 4.79 Å². The van der Waals surface area contributed by atoms with Gasteiger partial charge in [-0.2, -0.15) is 5.26 Å². The van der Waals surface area contributed by atoms with Gasteiger partial charge >= 0.3 is 0 Å². The second-order valence-corrected chi connectivity index (χ2v) is 13.1. The number of nitriles is 1. The first-order valence-corrected chi connectivity index (χ1v) is 14.0. The molecular weight excluding hydrogens is 478 g/mol. The molecule has 4 nitrogen and oxygen atoms in total. The molecule has 0 aromatic heterocycles. The summed E-state index contributed by atoms with van der Waals surface area (Å²) in [6.07, 6.45) is 0. The van der Waals surface area contributed by atoms with Crippen LogP contribution >= 0.6 is 0 Å². The van der Waals surface area contributed by atoms with Crippen LogP contribution in [0, 0.1) is 39.4 Å². The molecule has 6 rings (SSSR count). The number of hydrogen-bond donors (Lipinski definition) is 2. The van der Waals surface area contributed by atoms with Gasteiger partial charge in [-0.1, -0.05) is 133 Å². The van der Waals surface area contributed by atoms with Crippen molar-refractivity contribution in [2.75, 3.05) is 0 Å². The highest BCUT2D eigenvalue weighted by Gasteiger charge is 2.61. The van der Waals surface area contributed by atoms with Crippen LogP contribution < -0.4 is 11.5 Å². The lowest BCUT2D eigenvalue weighted by atomic mass is 10.0. The molecule has 1 amide bonds. The standard InChI is InChI=1S/C12H15NO.C12H13N.C11H15N/c1-12(2)9(10(12)11(13)14)8-6-4-3-5-7-8;1-12(2)10(8-13)11(12)9-6-4-3-5-7-9;1-11(2)9(10(11)12)8-6-4-3-5-7-8/h3-7,9-10H,1-2H3,(H2,13,14);3-7,10-11H,1-2H3;3-7,9-10H,12H2,1-2H3. The molecule has 0 aliphatic heterocycles. The molecule has 0 radical (unpaired) electrons. The number of nitrogens with two attached hydrogens (primary N) is 2. The molecule has 3 aromatic rings. The molecule has 0 spiro atoms. The zero-order chi connectivity index (χ0) is 28.6. The lowest BCUT2D eigenvalue weighted by molar-refractivity contribution is -0.119. The highest BCUT2D eigenvalue weighted by Crippen LogP contribution is 2.64. The van der Waals surface area contributed by atoms with Crippen LogP contribution in [0.1, 0.15) is 76.0 Å². The minimum absolute atomic E-state index is 0.00454. The minimum atomic E-state index is -0.177. The maximum absolute atomic E-state index is 11.2. The number of benzene rings is 3.